The Morgan fingerprint density at radius 2 is 0.518 bits per heavy atom. The average molecular weight is 745 g/mol. The topological polar surface area (TPSA) is 0 Å². The van der Waals surface area contributed by atoms with Crippen molar-refractivity contribution < 1.29 is 0 Å². The third-order valence-corrected chi connectivity index (χ3v) is 11.9. The molecule has 0 aliphatic carbocycles. The van der Waals surface area contributed by atoms with E-state index in [-0.39, 0.29) is 0 Å². The van der Waals surface area contributed by atoms with Crippen molar-refractivity contribution in [1.82, 2.24) is 0 Å². The molecule has 0 unspecified atom stereocenters. The van der Waals surface area contributed by atoms with Crippen LogP contribution in [-0.2, 0) is 0 Å². The molecule has 0 amide bonds. The van der Waals surface area contributed by atoms with Crippen LogP contribution in [-0.4, -0.2) is 0 Å². The van der Waals surface area contributed by atoms with Crippen molar-refractivity contribution in [3.63, 3.8) is 0 Å². The Labute approximate surface area is 342 Å². The van der Waals surface area contributed by atoms with Crippen molar-refractivity contribution >= 4 is 21.5 Å². The van der Waals surface area contributed by atoms with Gasteiger partial charge in [0.25, 0.3) is 0 Å². The van der Waals surface area contributed by atoms with Crippen molar-refractivity contribution in [2.75, 3.05) is 0 Å². The van der Waals surface area contributed by atoms with Crippen molar-refractivity contribution in [2.45, 2.75) is 158 Å². The fraction of sp³-hybridized carbons (Fsp3) is 0.429. The first kappa shape index (κ1) is 43.0. The van der Waals surface area contributed by atoms with E-state index < -0.39 is 0 Å². The van der Waals surface area contributed by atoms with Crippen molar-refractivity contribution in [1.29, 1.82) is 0 Å². The van der Waals surface area contributed by atoms with Crippen molar-refractivity contribution in [2.24, 2.45) is 0 Å². The van der Waals surface area contributed by atoms with Crippen LogP contribution in [0.15, 0.2) is 97.1 Å². The third kappa shape index (κ3) is 8.86. The predicted octanol–water partition coefficient (Wildman–Crippen LogP) is 18.0. The Bertz CT molecular complexity index is 2050. The van der Waals surface area contributed by atoms with Crippen LogP contribution in [0, 0.1) is 0 Å². The Morgan fingerprint density at radius 1 is 0.250 bits per heavy atom. The van der Waals surface area contributed by atoms with Crippen LogP contribution in [0.2, 0.25) is 0 Å². The van der Waals surface area contributed by atoms with Gasteiger partial charge in [0.1, 0.15) is 0 Å². The summed E-state index contributed by atoms with van der Waals surface area (Å²) in [7, 11) is 0. The van der Waals surface area contributed by atoms with E-state index in [4.69, 9.17) is 0 Å². The maximum Gasteiger partial charge on any atom is -0.00649 e. The molecule has 6 aromatic rings. The summed E-state index contributed by atoms with van der Waals surface area (Å²) in [5, 5.41) is 5.43. The second kappa shape index (κ2) is 18.0. The van der Waals surface area contributed by atoms with Gasteiger partial charge in [0.15, 0.2) is 0 Å². The van der Waals surface area contributed by atoms with Gasteiger partial charge in [0.2, 0.25) is 0 Å². The lowest BCUT2D eigenvalue weighted by atomic mass is 9.78. The molecule has 0 fully saturated rings. The molecule has 0 atom stereocenters. The maximum absolute atomic E-state index is 2.47. The summed E-state index contributed by atoms with van der Waals surface area (Å²) in [5.74, 6) is 4.03. The minimum Gasteiger partial charge on any atom is -0.0616 e. The van der Waals surface area contributed by atoms with Gasteiger partial charge in [-0.2, -0.15) is 0 Å². The van der Waals surface area contributed by atoms with Crippen LogP contribution < -0.4 is 0 Å². The molecule has 0 radical (unpaired) electrons. The largest absolute Gasteiger partial charge is 0.0616 e. The lowest BCUT2D eigenvalue weighted by Gasteiger charge is -2.26. The van der Waals surface area contributed by atoms with Crippen molar-refractivity contribution in [3.8, 4) is 22.3 Å². The number of hydrogen-bond donors (Lipinski definition) is 0. The van der Waals surface area contributed by atoms with Gasteiger partial charge >= 0.3 is 0 Å². The Hall–Kier alpha value is -4.16. The van der Waals surface area contributed by atoms with E-state index >= 15 is 0 Å². The standard InChI is InChI=1S/2C28H36/c2*1-17(2)22-15-25(19(5)6)28(26(16-22)20(7)8)27-23(18(3)4)14-13-21-11-9-10-12-24(21)27/h2*9-20H,1-8H3. The molecular weight excluding hydrogens is 673 g/mol. The number of hydrogen-bond acceptors (Lipinski definition) is 0. The fourth-order valence-corrected chi connectivity index (χ4v) is 8.59. The Balaban J connectivity index is 0.000000214. The van der Waals surface area contributed by atoms with E-state index in [1.807, 2.05) is 0 Å². The summed E-state index contributed by atoms with van der Waals surface area (Å²) in [4.78, 5) is 0. The molecule has 0 aromatic heterocycles. The van der Waals surface area contributed by atoms with Gasteiger partial charge in [0.05, 0.1) is 0 Å². The van der Waals surface area contributed by atoms with Gasteiger partial charge in [-0.1, -0.05) is 208 Å². The lowest BCUT2D eigenvalue weighted by molar-refractivity contribution is 0.805. The average Bonchev–Trinajstić information content (AvgIpc) is 3.15. The van der Waals surface area contributed by atoms with E-state index in [0.717, 1.165) is 0 Å². The smallest absolute Gasteiger partial charge is 0.00649 e. The Kier molecular flexibility index (Phi) is 13.8. The summed E-state index contributed by atoms with van der Waals surface area (Å²) in [5.41, 5.74) is 17.7. The minimum absolute atomic E-state index is 0.490. The minimum atomic E-state index is 0.490. The molecule has 56 heavy (non-hydrogen) atoms. The zero-order valence-electron chi connectivity index (χ0n) is 37.9. The van der Waals surface area contributed by atoms with E-state index in [2.05, 4.69) is 208 Å². The number of benzene rings is 6. The maximum atomic E-state index is 2.47. The molecule has 6 rings (SSSR count). The fourth-order valence-electron chi connectivity index (χ4n) is 8.59. The van der Waals surface area contributed by atoms with Gasteiger partial charge in [-0.3, -0.25) is 0 Å². The molecule has 0 spiro atoms. The lowest BCUT2D eigenvalue weighted by Crippen LogP contribution is -2.06. The SMILES string of the molecule is CC(C)c1cc(C(C)C)c(-c2c(C(C)C)ccc3ccccc23)c(C(C)C)c1.CC(C)c1cc(C(C)C)c(-c2c(C(C)C)ccc3ccccc23)c(C(C)C)c1. The van der Waals surface area contributed by atoms with Crippen LogP contribution in [0.4, 0.5) is 0 Å². The molecule has 0 saturated heterocycles. The van der Waals surface area contributed by atoms with Gasteiger partial charge in [-0.15, -0.1) is 0 Å². The highest BCUT2D eigenvalue weighted by molar-refractivity contribution is 6.01. The molecule has 0 heteroatoms. The van der Waals surface area contributed by atoms with E-state index in [1.165, 1.54) is 88.3 Å². The monoisotopic (exact) mass is 745 g/mol. The predicted molar refractivity (Wildman–Crippen MR) is 251 cm³/mol. The number of rotatable bonds is 10. The van der Waals surface area contributed by atoms with Crippen LogP contribution in [0.3, 0.4) is 0 Å². The molecule has 0 aliphatic heterocycles. The van der Waals surface area contributed by atoms with E-state index in [0.29, 0.717) is 47.3 Å². The first-order chi connectivity index (χ1) is 26.4. The molecule has 0 aliphatic rings. The van der Waals surface area contributed by atoms with Crippen LogP contribution >= 0.6 is 0 Å². The summed E-state index contributed by atoms with van der Waals surface area (Å²) >= 11 is 0. The first-order valence-electron chi connectivity index (χ1n) is 21.8. The Morgan fingerprint density at radius 3 is 0.768 bits per heavy atom. The van der Waals surface area contributed by atoms with Crippen molar-refractivity contribution in [3.05, 3.63) is 142 Å². The van der Waals surface area contributed by atoms with E-state index in [9.17, 15) is 0 Å². The summed E-state index contributed by atoms with van der Waals surface area (Å²) in [6.45, 7) is 37.2. The van der Waals surface area contributed by atoms with Crippen LogP contribution in [0.1, 0.15) is 203 Å². The molecule has 0 heterocycles. The molecule has 0 saturated carbocycles. The highest BCUT2D eigenvalue weighted by atomic mass is 14.3. The zero-order chi connectivity index (χ0) is 41.2. The van der Waals surface area contributed by atoms with Gasteiger partial charge in [-0.25, -0.2) is 0 Å². The first-order valence-corrected chi connectivity index (χ1v) is 21.8. The highest BCUT2D eigenvalue weighted by Gasteiger charge is 2.25. The molecule has 6 aromatic carbocycles. The third-order valence-electron chi connectivity index (χ3n) is 11.9. The normalized spacial score (nSPS) is 12.1. The second-order valence-electron chi connectivity index (χ2n) is 18.9. The molecule has 0 bridgehead atoms. The quantitative estimate of drug-likeness (QED) is 0.131. The summed E-state index contributed by atoms with van der Waals surface area (Å²) < 4.78 is 0. The molecule has 296 valence electrons. The van der Waals surface area contributed by atoms with Crippen LogP contribution in [0.25, 0.3) is 43.8 Å². The van der Waals surface area contributed by atoms with E-state index in [1.54, 1.807) is 0 Å². The van der Waals surface area contributed by atoms with Gasteiger partial charge in [-0.05, 0) is 136 Å². The van der Waals surface area contributed by atoms with Gasteiger partial charge < -0.3 is 0 Å². The molecule has 0 nitrogen and oxygen atoms in total. The van der Waals surface area contributed by atoms with Gasteiger partial charge in [0, 0.05) is 0 Å². The molecule has 0 N–H and O–H groups in total. The summed E-state index contributed by atoms with van der Waals surface area (Å²) in [6.07, 6.45) is 0. The molecular formula is C56H72. The summed E-state index contributed by atoms with van der Waals surface area (Å²) in [6, 6.07) is 37.0. The number of fused-ring (bicyclic) bond motifs is 2. The van der Waals surface area contributed by atoms with Crippen LogP contribution in [0.5, 0.6) is 0 Å². The zero-order valence-corrected chi connectivity index (χ0v) is 37.9. The second-order valence-corrected chi connectivity index (χ2v) is 18.9. The highest BCUT2D eigenvalue weighted by Crippen LogP contribution is 2.46.